The van der Waals surface area contributed by atoms with Crippen molar-refractivity contribution in [1.29, 1.82) is 0 Å². The van der Waals surface area contributed by atoms with Gasteiger partial charge in [0, 0.05) is 48.5 Å². The molecule has 0 spiro atoms. The van der Waals surface area contributed by atoms with Crippen LogP contribution in [0.5, 0.6) is 0 Å². The molecule has 0 aliphatic heterocycles. The van der Waals surface area contributed by atoms with E-state index in [1.807, 2.05) is 152 Å². The highest BCUT2D eigenvalue weighted by Crippen LogP contribution is 2.23. The first kappa shape index (κ1) is 125. The Balaban J connectivity index is 0.000000350. The molecule has 32 heteroatoms. The van der Waals surface area contributed by atoms with E-state index in [1.54, 1.807) is 45.9 Å². The minimum Gasteiger partial charge on any atom is -0.462 e. The van der Waals surface area contributed by atoms with Gasteiger partial charge in [0.2, 0.25) is 0 Å². The Morgan fingerprint density at radius 3 is 0.547 bits per heavy atom. The number of rotatable bonds is 72. The molecule has 0 aliphatic carbocycles. The summed E-state index contributed by atoms with van der Waals surface area (Å²) in [5.41, 5.74) is 3.57. The number of hydrogen-bond donors (Lipinski definition) is 4. The molecule has 0 radical (unpaired) electrons. The van der Waals surface area contributed by atoms with E-state index in [0.717, 1.165) is 133 Å². The molecule has 8 aromatic rings. The number of fused-ring (bicyclic) bond motifs is 4. The summed E-state index contributed by atoms with van der Waals surface area (Å²) in [5, 5.41) is 18.8. The molecule has 0 fully saturated rings. The first-order valence-electron chi connectivity index (χ1n) is 51.8. The molecule has 4 N–H and O–H groups in total. The van der Waals surface area contributed by atoms with E-state index in [9.17, 15) is 57.5 Å². The van der Waals surface area contributed by atoms with Crippen LogP contribution in [0.4, 0.5) is 19.2 Å². The molecule has 8 aromatic carbocycles. The molecule has 0 bridgehead atoms. The zero-order chi connectivity index (χ0) is 107. The Morgan fingerprint density at radius 2 is 0.345 bits per heavy atom. The van der Waals surface area contributed by atoms with Gasteiger partial charge in [0.15, 0.2) is 0 Å². The molecule has 4 amide bonds. The average molecular weight is 2050 g/mol. The van der Waals surface area contributed by atoms with Crippen LogP contribution in [0.2, 0.25) is 0 Å². The Kier molecular flexibility index (Phi) is 68.0. The van der Waals surface area contributed by atoms with Gasteiger partial charge >= 0.3 is 72.1 Å². The van der Waals surface area contributed by atoms with E-state index >= 15 is 0 Å². The maximum Gasteiger partial charge on any atom is 0.407 e. The van der Waals surface area contributed by atoms with E-state index in [-0.39, 0.29) is 104 Å². The first-order valence-corrected chi connectivity index (χ1v) is 51.8. The number of esters is 8. The zero-order valence-electron chi connectivity index (χ0n) is 87.2. The quantitative estimate of drug-likeness (QED) is 0.0119. The van der Waals surface area contributed by atoms with Gasteiger partial charge < -0.3 is 97.1 Å². The van der Waals surface area contributed by atoms with E-state index in [1.165, 1.54) is 89.9 Å². The van der Waals surface area contributed by atoms with E-state index < -0.39 is 54.2 Å². The van der Waals surface area contributed by atoms with Crippen LogP contribution in [0, 0.1) is 0 Å². The van der Waals surface area contributed by atoms with Gasteiger partial charge in [-0.3, -0.25) is 0 Å². The normalized spacial score (nSPS) is 10.6. The van der Waals surface area contributed by atoms with Crippen LogP contribution in [0.3, 0.4) is 0 Å². The lowest BCUT2D eigenvalue weighted by Crippen LogP contribution is -2.29. The van der Waals surface area contributed by atoms with Crippen LogP contribution < -0.4 is 21.3 Å². The molecular weight excluding hydrogens is 1900 g/mol. The molecule has 808 valence electrons. The summed E-state index contributed by atoms with van der Waals surface area (Å²) in [6, 6.07) is 53.8. The number of carbonyl (C=O) groups excluding carboxylic acids is 12. The maximum absolute atomic E-state index is 12.3. The Bertz CT molecular complexity index is 5310. The van der Waals surface area contributed by atoms with Gasteiger partial charge in [-0.25, -0.2) is 57.5 Å². The van der Waals surface area contributed by atoms with Gasteiger partial charge in [-0.1, -0.05) is 276 Å². The minimum atomic E-state index is -0.644. The summed E-state index contributed by atoms with van der Waals surface area (Å²) < 4.78 is 82.3. The highest BCUT2D eigenvalue weighted by Gasteiger charge is 2.17. The van der Waals surface area contributed by atoms with Crippen molar-refractivity contribution >= 4 is 115 Å². The molecule has 0 saturated heterocycles. The maximum atomic E-state index is 12.3. The van der Waals surface area contributed by atoms with Gasteiger partial charge in [-0.15, -0.1) is 0 Å². The second-order valence-corrected chi connectivity index (χ2v) is 35.1. The van der Waals surface area contributed by atoms with E-state index in [4.69, 9.17) is 75.8 Å². The van der Waals surface area contributed by atoms with Gasteiger partial charge in [0.1, 0.15) is 39.6 Å². The second kappa shape index (κ2) is 80.6. The highest BCUT2D eigenvalue weighted by atomic mass is 16.6. The number of benzene rings is 8. The average Bonchev–Trinajstić information content (AvgIpc) is 0.847. The standard InChI is InChI=1S/C36H53NO7.C32H45NO7.C26H33NO7.C22H25NO7/c1-30(2)34(38)43-28-27-41-26-23-37-36(40)44-25-18-14-12-10-8-6-4-3-5-7-9-11-13-17-24-42-35(39)33-22-21-31-19-15-16-20-32(31)29-33;1-26(2)30(34)39-24-23-37-22-19-33-32(36)40-21-14-10-8-6-4-3-5-7-9-13-20-38-31(35)29-18-17-27-15-11-12-16-28(27)25-29;1-20(2)24(28)33-18-17-31-16-13-27-26(30)34-15-8-4-3-7-14-32-25(29)23-12-11-21-9-5-6-10-22(21)19-23;1-16(2)20(24)28-12-11-27-10-9-23-22(26)30-14-13-29-21(25)19-8-7-17-5-3-4-6-18(17)15-19/h15-16,19-22,29H,1,3-14,17-18,23-28H2,2H3,(H,37,40);11-12,15-18,25H,1,3-10,13-14,19-24H2,2H3,(H,33,36);5-6,9-12,19H,1,3-4,7-8,13-18H2,2H3,(H,27,30);3-8,15H,1,9-14H2,2H3,(H,23,26). The first-order chi connectivity index (χ1) is 71.9. The molecule has 0 unspecified atom stereocenters. The number of hydrogen-bond acceptors (Lipinski definition) is 28. The van der Waals surface area contributed by atoms with Crippen molar-refractivity contribution in [2.75, 3.05) is 158 Å². The summed E-state index contributed by atoms with van der Waals surface area (Å²) in [7, 11) is 0. The van der Waals surface area contributed by atoms with Gasteiger partial charge in [0.25, 0.3) is 0 Å². The molecule has 32 nitrogen and oxygen atoms in total. The third kappa shape index (κ3) is 60.5. The number of carbonyl (C=O) groups is 12. The van der Waals surface area contributed by atoms with Crippen molar-refractivity contribution in [3.8, 4) is 0 Å². The lowest BCUT2D eigenvalue weighted by atomic mass is 10.0. The molecular formula is C116H156N4O28. The minimum absolute atomic E-state index is 0.0519. The van der Waals surface area contributed by atoms with Crippen molar-refractivity contribution < 1.29 is 133 Å². The van der Waals surface area contributed by atoms with Crippen LogP contribution in [0.15, 0.2) is 218 Å². The van der Waals surface area contributed by atoms with Crippen LogP contribution in [0.1, 0.15) is 249 Å². The molecule has 0 atom stereocenters. The molecule has 148 heavy (non-hydrogen) atoms. The number of ether oxygens (including phenoxy) is 16. The van der Waals surface area contributed by atoms with Gasteiger partial charge in [-0.2, -0.15) is 0 Å². The van der Waals surface area contributed by atoms with Crippen LogP contribution >= 0.6 is 0 Å². The summed E-state index contributed by atoms with van der Waals surface area (Å²) >= 11 is 0. The monoisotopic (exact) mass is 2050 g/mol. The summed E-state index contributed by atoms with van der Waals surface area (Å²) in [4.78, 5) is 140. The third-order valence-corrected chi connectivity index (χ3v) is 22.3. The second-order valence-electron chi connectivity index (χ2n) is 35.1. The van der Waals surface area contributed by atoms with E-state index in [0.29, 0.717) is 117 Å². The van der Waals surface area contributed by atoms with Crippen molar-refractivity contribution in [3.63, 3.8) is 0 Å². The van der Waals surface area contributed by atoms with Crippen molar-refractivity contribution in [2.45, 2.75) is 207 Å². The highest BCUT2D eigenvalue weighted by molar-refractivity contribution is 5.99. The Morgan fingerprint density at radius 1 is 0.182 bits per heavy atom. The summed E-state index contributed by atoms with van der Waals surface area (Å²) in [6.07, 6.45) is 28.8. The largest absolute Gasteiger partial charge is 0.462 e. The summed E-state index contributed by atoms with van der Waals surface area (Å²) in [5.74, 6) is -3.08. The summed E-state index contributed by atoms with van der Waals surface area (Å²) in [6.45, 7) is 26.5. The Labute approximate surface area is 871 Å². The van der Waals surface area contributed by atoms with Gasteiger partial charge in [0.05, 0.1) is 115 Å². The smallest absolute Gasteiger partial charge is 0.407 e. The molecule has 0 aromatic heterocycles. The fraction of sp³-hybridized carbons (Fsp3) is 0.483. The van der Waals surface area contributed by atoms with Crippen LogP contribution in [0.25, 0.3) is 43.1 Å². The molecule has 8 rings (SSSR count). The van der Waals surface area contributed by atoms with Crippen molar-refractivity contribution in [3.05, 3.63) is 241 Å². The fourth-order valence-electron chi connectivity index (χ4n) is 14.1. The number of alkyl carbamates (subject to hydrolysis) is 4. The van der Waals surface area contributed by atoms with E-state index in [2.05, 4.69) is 47.6 Å². The van der Waals surface area contributed by atoms with Crippen molar-refractivity contribution in [1.82, 2.24) is 21.3 Å². The number of unbranched alkanes of at least 4 members (excludes halogenated alkanes) is 25. The SMILES string of the molecule is C=C(C)C(=O)OCCOCCNC(=O)OCCCCCCCCCCCCCCCCOC(=O)c1ccc2ccccc2c1.C=C(C)C(=O)OCCOCCNC(=O)OCCCCCCCCCCCCOC(=O)c1ccc2ccccc2c1.C=C(C)C(=O)OCCOCCNC(=O)OCCCCCCOC(=O)c1ccc2ccccc2c1.C=C(C)C(=O)OCCOCCNC(=O)OCCOC(=O)c1ccc2ccccc2c1. The predicted molar refractivity (Wildman–Crippen MR) is 570 cm³/mol. The molecule has 0 saturated carbocycles. The fourth-order valence-corrected chi connectivity index (χ4v) is 14.1. The van der Waals surface area contributed by atoms with Crippen LogP contribution in [-0.4, -0.2) is 230 Å². The number of nitrogens with one attached hydrogen (secondary N) is 4. The van der Waals surface area contributed by atoms with Crippen molar-refractivity contribution in [2.24, 2.45) is 0 Å². The molecule has 0 aliphatic rings. The number of amides is 4. The predicted octanol–water partition coefficient (Wildman–Crippen LogP) is 22.4. The molecule has 0 heterocycles. The Hall–Kier alpha value is -13.6. The third-order valence-electron chi connectivity index (χ3n) is 22.3. The van der Waals surface area contributed by atoms with Gasteiger partial charge in [-0.05, 0) is 171 Å². The lowest BCUT2D eigenvalue weighted by Gasteiger charge is -2.09. The zero-order valence-corrected chi connectivity index (χ0v) is 87.2. The topological polar surface area (TPSA) is 401 Å². The lowest BCUT2D eigenvalue weighted by molar-refractivity contribution is -0.141. The van der Waals surface area contributed by atoms with Crippen LogP contribution in [-0.2, 0) is 95.0 Å².